The number of likely N-dealkylation sites (tertiary alicyclic amines) is 1. The van der Waals surface area contributed by atoms with Gasteiger partial charge in [0.25, 0.3) is 0 Å². The highest BCUT2D eigenvalue weighted by atomic mass is 16.5. The second-order valence-corrected chi connectivity index (χ2v) is 6.65. The van der Waals surface area contributed by atoms with E-state index in [1.165, 1.54) is 0 Å². The molecule has 8 nitrogen and oxygen atoms in total. The first-order chi connectivity index (χ1) is 12.0. The fraction of sp³-hybridized carbons (Fsp3) is 0.588. The summed E-state index contributed by atoms with van der Waals surface area (Å²) in [7, 11) is 3.87. The van der Waals surface area contributed by atoms with Crippen molar-refractivity contribution < 1.29 is 13.7 Å². The molecule has 1 saturated heterocycles. The van der Waals surface area contributed by atoms with Crippen LogP contribution in [-0.4, -0.2) is 70.5 Å². The number of aromatic nitrogens is 2. The molecule has 1 unspecified atom stereocenters. The molecule has 1 fully saturated rings. The lowest BCUT2D eigenvalue weighted by molar-refractivity contribution is -0.131. The van der Waals surface area contributed by atoms with Gasteiger partial charge in [-0.3, -0.25) is 14.6 Å². The van der Waals surface area contributed by atoms with Gasteiger partial charge >= 0.3 is 0 Å². The summed E-state index contributed by atoms with van der Waals surface area (Å²) in [5, 5.41) is 3.94. The van der Waals surface area contributed by atoms with Gasteiger partial charge in [0, 0.05) is 33.1 Å². The molecule has 25 heavy (non-hydrogen) atoms. The minimum absolute atomic E-state index is 0.105. The third kappa shape index (κ3) is 4.67. The van der Waals surface area contributed by atoms with Crippen LogP contribution in [0.3, 0.4) is 0 Å². The molecule has 0 aliphatic carbocycles. The molecule has 1 aliphatic heterocycles. The molecule has 8 heteroatoms. The molecule has 1 aliphatic rings. The molecule has 1 amide bonds. The predicted molar refractivity (Wildman–Crippen MR) is 90.5 cm³/mol. The Kier molecular flexibility index (Phi) is 5.50. The summed E-state index contributed by atoms with van der Waals surface area (Å²) in [6, 6.07) is 4.10. The fourth-order valence-electron chi connectivity index (χ4n) is 3.11. The van der Waals surface area contributed by atoms with E-state index in [4.69, 9.17) is 8.94 Å². The second kappa shape index (κ2) is 7.79. The maximum absolute atomic E-state index is 12.4. The first-order valence-electron chi connectivity index (χ1n) is 8.49. The van der Waals surface area contributed by atoms with E-state index in [1.54, 1.807) is 18.1 Å². The number of hydrogen-bond donors (Lipinski definition) is 0. The molecule has 0 aromatic carbocycles. The van der Waals surface area contributed by atoms with Crippen LogP contribution in [0.4, 0.5) is 0 Å². The number of furan rings is 1. The predicted octanol–water partition coefficient (Wildman–Crippen LogP) is 1.14. The Morgan fingerprint density at radius 2 is 2.24 bits per heavy atom. The summed E-state index contributed by atoms with van der Waals surface area (Å²) >= 11 is 0. The Labute approximate surface area is 147 Å². The molecule has 0 radical (unpaired) electrons. The average Bonchev–Trinajstić information content (AvgIpc) is 3.30. The van der Waals surface area contributed by atoms with Gasteiger partial charge in [-0.05, 0) is 25.6 Å². The van der Waals surface area contributed by atoms with Gasteiger partial charge in [0.1, 0.15) is 5.76 Å². The molecular weight excluding hydrogens is 322 g/mol. The largest absolute Gasteiger partial charge is 0.467 e. The van der Waals surface area contributed by atoms with E-state index in [1.807, 2.05) is 19.2 Å². The number of nitrogens with zero attached hydrogens (tertiary/aromatic N) is 5. The van der Waals surface area contributed by atoms with Crippen LogP contribution in [0.15, 0.2) is 27.3 Å². The van der Waals surface area contributed by atoms with Gasteiger partial charge in [0.15, 0.2) is 5.82 Å². The molecule has 136 valence electrons. The smallest absolute Gasteiger partial charge is 0.236 e. The summed E-state index contributed by atoms with van der Waals surface area (Å²) in [6.07, 6.45) is 2.66. The van der Waals surface area contributed by atoms with Crippen molar-refractivity contribution in [2.45, 2.75) is 32.5 Å². The molecule has 0 saturated carbocycles. The number of likely N-dealkylation sites (N-methyl/N-ethyl adjacent to an activating group) is 2. The topological polar surface area (TPSA) is 78.9 Å². The fourth-order valence-corrected chi connectivity index (χ4v) is 3.11. The highest BCUT2D eigenvalue weighted by molar-refractivity contribution is 5.78. The van der Waals surface area contributed by atoms with E-state index in [0.29, 0.717) is 37.4 Å². The van der Waals surface area contributed by atoms with Gasteiger partial charge in [0.05, 0.1) is 25.9 Å². The van der Waals surface area contributed by atoms with Crippen molar-refractivity contribution in [3.8, 4) is 0 Å². The van der Waals surface area contributed by atoms with Crippen molar-refractivity contribution in [1.82, 2.24) is 24.8 Å². The SMILES string of the molecule is Cc1nc(CN(C)C2CCN(CC(=O)N(C)Cc3ccco3)C2)no1. The van der Waals surface area contributed by atoms with Gasteiger partial charge in [-0.2, -0.15) is 4.98 Å². The third-order valence-corrected chi connectivity index (χ3v) is 4.59. The van der Waals surface area contributed by atoms with E-state index < -0.39 is 0 Å². The average molecular weight is 347 g/mol. The van der Waals surface area contributed by atoms with Crippen molar-refractivity contribution in [2.75, 3.05) is 33.7 Å². The summed E-state index contributed by atoms with van der Waals surface area (Å²) in [6.45, 7) is 5.16. The minimum Gasteiger partial charge on any atom is -0.467 e. The van der Waals surface area contributed by atoms with Crippen LogP contribution in [0.1, 0.15) is 23.9 Å². The summed E-state index contributed by atoms with van der Waals surface area (Å²) in [4.78, 5) is 22.8. The molecule has 2 aromatic rings. The van der Waals surface area contributed by atoms with E-state index >= 15 is 0 Å². The number of aryl methyl sites for hydroxylation is 1. The Hall–Kier alpha value is -2.19. The second-order valence-electron chi connectivity index (χ2n) is 6.65. The van der Waals surface area contributed by atoms with E-state index in [9.17, 15) is 4.79 Å². The standard InChI is InChI=1S/C17H25N5O3/c1-13-18-16(19-25-13)11-20(2)14-6-7-22(9-14)12-17(23)21(3)10-15-5-4-8-24-15/h4-5,8,14H,6-7,9-12H2,1-3H3. The Morgan fingerprint density at radius 3 is 2.92 bits per heavy atom. The molecule has 0 bridgehead atoms. The van der Waals surface area contributed by atoms with E-state index in [-0.39, 0.29) is 5.91 Å². The number of carbonyl (C=O) groups is 1. The molecule has 1 atom stereocenters. The van der Waals surface area contributed by atoms with Gasteiger partial charge < -0.3 is 13.8 Å². The molecular formula is C17H25N5O3. The summed E-state index contributed by atoms with van der Waals surface area (Å²) in [5.74, 6) is 2.19. The monoisotopic (exact) mass is 347 g/mol. The Morgan fingerprint density at radius 1 is 1.40 bits per heavy atom. The van der Waals surface area contributed by atoms with Crippen LogP contribution in [-0.2, 0) is 17.9 Å². The third-order valence-electron chi connectivity index (χ3n) is 4.59. The van der Waals surface area contributed by atoms with Gasteiger partial charge in [-0.25, -0.2) is 0 Å². The maximum atomic E-state index is 12.4. The zero-order valence-electron chi connectivity index (χ0n) is 15.0. The normalized spacial score (nSPS) is 18.2. The Bertz CT molecular complexity index is 684. The minimum atomic E-state index is 0.105. The number of rotatable bonds is 7. The lowest BCUT2D eigenvalue weighted by Crippen LogP contribution is -2.39. The van der Waals surface area contributed by atoms with Crippen LogP contribution in [0.25, 0.3) is 0 Å². The number of carbonyl (C=O) groups excluding carboxylic acids is 1. The van der Waals surface area contributed by atoms with Gasteiger partial charge in [-0.1, -0.05) is 5.16 Å². The van der Waals surface area contributed by atoms with Crippen LogP contribution in [0.5, 0.6) is 0 Å². The van der Waals surface area contributed by atoms with Crippen molar-refractivity contribution in [2.24, 2.45) is 0 Å². The van der Waals surface area contributed by atoms with Crippen LogP contribution in [0, 0.1) is 6.92 Å². The molecule has 3 heterocycles. The quantitative estimate of drug-likeness (QED) is 0.743. The van der Waals surface area contributed by atoms with E-state index in [2.05, 4.69) is 27.0 Å². The van der Waals surface area contributed by atoms with Crippen molar-refractivity contribution in [1.29, 1.82) is 0 Å². The number of amides is 1. The zero-order chi connectivity index (χ0) is 17.8. The summed E-state index contributed by atoms with van der Waals surface area (Å²) < 4.78 is 10.3. The lowest BCUT2D eigenvalue weighted by atomic mass is 10.2. The number of hydrogen-bond acceptors (Lipinski definition) is 7. The van der Waals surface area contributed by atoms with Crippen LogP contribution in [0.2, 0.25) is 0 Å². The van der Waals surface area contributed by atoms with Crippen molar-refractivity contribution in [3.05, 3.63) is 35.9 Å². The van der Waals surface area contributed by atoms with Crippen molar-refractivity contribution >= 4 is 5.91 Å². The van der Waals surface area contributed by atoms with Gasteiger partial charge in [0.2, 0.25) is 11.8 Å². The Balaban J connectivity index is 1.44. The maximum Gasteiger partial charge on any atom is 0.236 e. The van der Waals surface area contributed by atoms with Crippen LogP contribution < -0.4 is 0 Å². The van der Waals surface area contributed by atoms with Crippen LogP contribution >= 0.6 is 0 Å². The first-order valence-corrected chi connectivity index (χ1v) is 8.49. The molecule has 2 aromatic heterocycles. The van der Waals surface area contributed by atoms with E-state index in [0.717, 1.165) is 25.3 Å². The summed E-state index contributed by atoms with van der Waals surface area (Å²) in [5.41, 5.74) is 0. The zero-order valence-corrected chi connectivity index (χ0v) is 15.0. The van der Waals surface area contributed by atoms with Gasteiger partial charge in [-0.15, -0.1) is 0 Å². The highest BCUT2D eigenvalue weighted by Crippen LogP contribution is 2.16. The highest BCUT2D eigenvalue weighted by Gasteiger charge is 2.28. The lowest BCUT2D eigenvalue weighted by Gasteiger charge is -2.24. The molecule has 0 spiro atoms. The molecule has 3 rings (SSSR count). The first kappa shape index (κ1) is 17.6. The van der Waals surface area contributed by atoms with Crippen molar-refractivity contribution in [3.63, 3.8) is 0 Å². The molecule has 0 N–H and O–H groups in total.